The third-order valence-electron chi connectivity index (χ3n) is 7.24. The van der Waals surface area contributed by atoms with Gasteiger partial charge in [-0.05, 0) is 80.1 Å². The Morgan fingerprint density at radius 1 is 1.19 bits per heavy atom. The molecule has 0 radical (unpaired) electrons. The van der Waals surface area contributed by atoms with Gasteiger partial charge in [0.15, 0.2) is 23.8 Å². The molecular formula is C24H28N2O5. The maximum atomic E-state index is 12.6. The summed E-state index contributed by atoms with van der Waals surface area (Å²) >= 11 is 0. The lowest BCUT2D eigenvalue weighted by molar-refractivity contribution is -0.131. The van der Waals surface area contributed by atoms with E-state index < -0.39 is 0 Å². The molecule has 0 spiro atoms. The number of nitrogens with one attached hydrogen (secondary N) is 1. The molecule has 1 aliphatic heterocycles. The maximum Gasteiger partial charge on any atom is 0.363 e. The van der Waals surface area contributed by atoms with Gasteiger partial charge in [0.2, 0.25) is 5.90 Å². The number of amides is 1. The van der Waals surface area contributed by atoms with Gasteiger partial charge in [0.05, 0.1) is 7.11 Å². The number of ether oxygens (including phenoxy) is 3. The van der Waals surface area contributed by atoms with Crippen molar-refractivity contribution in [3.63, 3.8) is 0 Å². The summed E-state index contributed by atoms with van der Waals surface area (Å²) in [5.41, 5.74) is 1.04. The Balaban J connectivity index is 1.37. The largest absolute Gasteiger partial charge is 0.493 e. The molecule has 7 nitrogen and oxygen atoms in total. The number of hydrogen-bond donors (Lipinski definition) is 1. The number of likely N-dealkylation sites (N-methyl/N-ethyl adjacent to an activating group) is 1. The summed E-state index contributed by atoms with van der Waals surface area (Å²) in [6.07, 6.45) is 9.02. The van der Waals surface area contributed by atoms with Gasteiger partial charge < -0.3 is 19.5 Å². The summed E-state index contributed by atoms with van der Waals surface area (Å²) < 4.78 is 16.6. The highest BCUT2D eigenvalue weighted by molar-refractivity contribution is 6.09. The van der Waals surface area contributed by atoms with Gasteiger partial charge in [0.25, 0.3) is 5.91 Å². The molecule has 1 amide bonds. The molecule has 0 unspecified atom stereocenters. The van der Waals surface area contributed by atoms with E-state index in [1.165, 1.54) is 26.4 Å². The molecule has 5 aliphatic rings. The molecule has 4 saturated carbocycles. The van der Waals surface area contributed by atoms with Crippen LogP contribution in [0.5, 0.6) is 11.5 Å². The fraction of sp³-hybridized carbons (Fsp3) is 0.542. The first-order chi connectivity index (χ1) is 15.0. The predicted octanol–water partition coefficient (Wildman–Crippen LogP) is 3.33. The molecule has 4 fully saturated rings. The van der Waals surface area contributed by atoms with Crippen molar-refractivity contribution in [2.45, 2.75) is 38.5 Å². The van der Waals surface area contributed by atoms with Crippen LogP contribution in [-0.2, 0) is 14.3 Å². The number of cyclic esters (lactones) is 1. The zero-order valence-corrected chi connectivity index (χ0v) is 18.0. The Morgan fingerprint density at radius 3 is 2.48 bits per heavy atom. The van der Waals surface area contributed by atoms with Crippen molar-refractivity contribution in [2.75, 3.05) is 20.8 Å². The second-order valence-corrected chi connectivity index (χ2v) is 9.41. The van der Waals surface area contributed by atoms with E-state index in [-0.39, 0.29) is 23.9 Å². The van der Waals surface area contributed by atoms with E-state index in [0.717, 1.165) is 42.6 Å². The minimum absolute atomic E-state index is 0.0464. The van der Waals surface area contributed by atoms with Crippen LogP contribution < -0.4 is 14.8 Å². The van der Waals surface area contributed by atoms with Crippen LogP contribution in [0.4, 0.5) is 0 Å². The average Bonchev–Trinajstić information content (AvgIpc) is 3.12. The summed E-state index contributed by atoms with van der Waals surface area (Å²) in [7, 11) is 3.09. The molecule has 4 aliphatic carbocycles. The van der Waals surface area contributed by atoms with Gasteiger partial charge in [-0.1, -0.05) is 6.07 Å². The van der Waals surface area contributed by atoms with Gasteiger partial charge in [-0.25, -0.2) is 9.79 Å². The minimum atomic E-state index is -0.385. The average molecular weight is 424 g/mol. The van der Waals surface area contributed by atoms with E-state index >= 15 is 0 Å². The number of rotatable bonds is 6. The SMILES string of the molecule is CNC(=O)COc1ccc(/C=C2/N=C(C34CC5CC(CC(C5)C3)C4)OC2=O)cc1OC. The van der Waals surface area contributed by atoms with Crippen LogP contribution >= 0.6 is 0 Å². The van der Waals surface area contributed by atoms with E-state index in [1.54, 1.807) is 31.3 Å². The van der Waals surface area contributed by atoms with Gasteiger partial charge in [-0.15, -0.1) is 0 Å². The van der Waals surface area contributed by atoms with Crippen LogP contribution in [0.2, 0.25) is 0 Å². The monoisotopic (exact) mass is 424 g/mol. The molecule has 31 heavy (non-hydrogen) atoms. The van der Waals surface area contributed by atoms with Crippen molar-refractivity contribution in [2.24, 2.45) is 28.2 Å². The summed E-state index contributed by atoms with van der Waals surface area (Å²) in [6, 6.07) is 5.29. The third kappa shape index (κ3) is 3.70. The van der Waals surface area contributed by atoms with E-state index in [2.05, 4.69) is 10.3 Å². The van der Waals surface area contributed by atoms with E-state index in [9.17, 15) is 9.59 Å². The topological polar surface area (TPSA) is 86.2 Å². The summed E-state index contributed by atoms with van der Waals surface area (Å²) in [4.78, 5) is 28.7. The number of benzene rings is 1. The lowest BCUT2D eigenvalue weighted by atomic mass is 9.49. The molecule has 6 rings (SSSR count). The quantitative estimate of drug-likeness (QED) is 0.559. The highest BCUT2D eigenvalue weighted by Gasteiger charge is 2.55. The van der Waals surface area contributed by atoms with Crippen molar-refractivity contribution < 1.29 is 23.8 Å². The molecular weight excluding hydrogens is 396 g/mol. The molecule has 1 aromatic carbocycles. The van der Waals surface area contributed by atoms with E-state index in [1.807, 2.05) is 0 Å². The highest BCUT2D eigenvalue weighted by atomic mass is 16.6. The number of esters is 1. The van der Waals surface area contributed by atoms with Crippen molar-refractivity contribution >= 4 is 23.9 Å². The maximum absolute atomic E-state index is 12.6. The number of carbonyl (C=O) groups excluding carboxylic acids is 2. The Morgan fingerprint density at radius 2 is 1.87 bits per heavy atom. The Labute approximate surface area is 181 Å². The second-order valence-electron chi connectivity index (χ2n) is 9.41. The smallest absolute Gasteiger partial charge is 0.363 e. The van der Waals surface area contributed by atoms with Crippen molar-refractivity contribution in [3.8, 4) is 11.5 Å². The molecule has 164 valence electrons. The van der Waals surface area contributed by atoms with Gasteiger partial charge >= 0.3 is 5.97 Å². The standard InChI is InChI=1S/C24H28N2O5/c1-25-21(27)13-30-19-4-3-14(9-20(19)29-2)8-18-22(28)31-23(26-18)24-10-15-5-16(11-24)7-17(6-15)12-24/h3-4,8-9,15-17H,5-7,10-13H2,1-2H3,(H,25,27)/b18-8+. The molecule has 1 N–H and O–H groups in total. The number of methoxy groups -OCH3 is 1. The van der Waals surface area contributed by atoms with E-state index in [4.69, 9.17) is 14.2 Å². The van der Waals surface area contributed by atoms with Gasteiger partial charge in [-0.3, -0.25) is 4.79 Å². The minimum Gasteiger partial charge on any atom is -0.493 e. The molecule has 1 heterocycles. The Kier molecular flexibility index (Phi) is 4.99. The van der Waals surface area contributed by atoms with Crippen LogP contribution in [0.3, 0.4) is 0 Å². The first kappa shape index (κ1) is 20.1. The number of nitrogens with zero attached hydrogens (tertiary/aromatic N) is 1. The van der Waals surface area contributed by atoms with Crippen LogP contribution in [-0.4, -0.2) is 38.5 Å². The molecule has 0 saturated heterocycles. The molecule has 0 aromatic heterocycles. The normalized spacial score (nSPS) is 32.1. The fourth-order valence-electron chi connectivity index (χ4n) is 6.28. The zero-order chi connectivity index (χ0) is 21.6. The Bertz CT molecular complexity index is 945. The Hall–Kier alpha value is -2.83. The first-order valence-corrected chi connectivity index (χ1v) is 11.0. The van der Waals surface area contributed by atoms with Gasteiger partial charge in [0.1, 0.15) is 0 Å². The zero-order valence-electron chi connectivity index (χ0n) is 18.0. The van der Waals surface area contributed by atoms with E-state index in [0.29, 0.717) is 23.1 Å². The third-order valence-corrected chi connectivity index (χ3v) is 7.24. The number of carbonyl (C=O) groups is 2. The van der Waals surface area contributed by atoms with Crippen molar-refractivity contribution in [1.82, 2.24) is 5.32 Å². The lowest BCUT2D eigenvalue weighted by Gasteiger charge is -2.55. The van der Waals surface area contributed by atoms with Crippen LogP contribution in [0.1, 0.15) is 44.1 Å². The summed E-state index contributed by atoms with van der Waals surface area (Å²) in [5, 5.41) is 2.51. The first-order valence-electron chi connectivity index (χ1n) is 11.0. The van der Waals surface area contributed by atoms with Crippen molar-refractivity contribution in [3.05, 3.63) is 29.5 Å². The van der Waals surface area contributed by atoms with Gasteiger partial charge in [0, 0.05) is 12.5 Å². The van der Waals surface area contributed by atoms with Crippen molar-refractivity contribution in [1.29, 1.82) is 0 Å². The summed E-state index contributed by atoms with van der Waals surface area (Å²) in [5.74, 6) is 3.24. The lowest BCUT2D eigenvalue weighted by Crippen LogP contribution is -2.50. The fourth-order valence-corrected chi connectivity index (χ4v) is 6.28. The van der Waals surface area contributed by atoms with Crippen LogP contribution in [0, 0.1) is 23.2 Å². The second kappa shape index (κ2) is 7.70. The molecule has 7 heteroatoms. The number of aliphatic imine (C=N–C) groups is 1. The predicted molar refractivity (Wildman–Crippen MR) is 115 cm³/mol. The molecule has 4 bridgehead atoms. The molecule has 0 atom stereocenters. The molecule has 1 aromatic rings. The van der Waals surface area contributed by atoms with Crippen LogP contribution in [0.25, 0.3) is 6.08 Å². The highest BCUT2D eigenvalue weighted by Crippen LogP contribution is 2.61. The summed E-state index contributed by atoms with van der Waals surface area (Å²) in [6.45, 7) is -0.0989. The number of hydrogen-bond acceptors (Lipinski definition) is 6. The van der Waals surface area contributed by atoms with Crippen LogP contribution in [0.15, 0.2) is 28.9 Å². The van der Waals surface area contributed by atoms with Gasteiger partial charge in [-0.2, -0.15) is 0 Å².